The first-order chi connectivity index (χ1) is 13.9. The SMILES string of the molecule is Cc1cc(-c2cnc(C)nc2C2CCN(C(=O)c3c(F)cccc3F)CC2)on1. The van der Waals surface area contributed by atoms with E-state index in [1.54, 1.807) is 6.20 Å². The minimum Gasteiger partial charge on any atom is -0.356 e. The number of likely N-dealkylation sites (tertiary alicyclic amines) is 1. The van der Waals surface area contributed by atoms with E-state index in [0.717, 1.165) is 29.1 Å². The molecule has 0 atom stereocenters. The van der Waals surface area contributed by atoms with Gasteiger partial charge in [0.05, 0.1) is 17.0 Å². The topological polar surface area (TPSA) is 72.1 Å². The molecule has 0 radical (unpaired) electrons. The molecular weight excluding hydrogens is 378 g/mol. The number of rotatable bonds is 3. The molecule has 1 aliphatic rings. The number of aryl methyl sites for hydroxylation is 2. The van der Waals surface area contributed by atoms with E-state index in [9.17, 15) is 13.6 Å². The highest BCUT2D eigenvalue weighted by molar-refractivity contribution is 5.94. The molecule has 0 spiro atoms. The summed E-state index contributed by atoms with van der Waals surface area (Å²) in [6.45, 7) is 4.43. The summed E-state index contributed by atoms with van der Waals surface area (Å²) in [7, 11) is 0. The number of halogens is 2. The second kappa shape index (κ2) is 7.69. The number of hydrogen-bond acceptors (Lipinski definition) is 5. The van der Waals surface area contributed by atoms with Crippen LogP contribution >= 0.6 is 0 Å². The molecular formula is C21H20F2N4O2. The molecule has 8 heteroatoms. The van der Waals surface area contributed by atoms with Gasteiger partial charge in [-0.05, 0) is 38.8 Å². The van der Waals surface area contributed by atoms with Crippen molar-refractivity contribution in [2.24, 2.45) is 0 Å². The van der Waals surface area contributed by atoms with Crippen molar-refractivity contribution in [1.82, 2.24) is 20.0 Å². The zero-order valence-corrected chi connectivity index (χ0v) is 16.2. The summed E-state index contributed by atoms with van der Waals surface area (Å²) < 4.78 is 33.3. The maximum atomic E-state index is 14.0. The lowest BCUT2D eigenvalue weighted by atomic mass is 9.90. The van der Waals surface area contributed by atoms with Gasteiger partial charge in [0.15, 0.2) is 5.76 Å². The van der Waals surface area contributed by atoms with Crippen molar-refractivity contribution in [3.63, 3.8) is 0 Å². The van der Waals surface area contributed by atoms with Crippen LogP contribution in [0.3, 0.4) is 0 Å². The first kappa shape index (κ1) is 19.2. The second-order valence-electron chi connectivity index (χ2n) is 7.21. The molecule has 0 unspecified atom stereocenters. The molecule has 1 amide bonds. The maximum absolute atomic E-state index is 14.0. The zero-order chi connectivity index (χ0) is 20.5. The van der Waals surface area contributed by atoms with E-state index in [1.807, 2.05) is 19.9 Å². The van der Waals surface area contributed by atoms with Gasteiger partial charge >= 0.3 is 0 Å². The van der Waals surface area contributed by atoms with Crippen LogP contribution < -0.4 is 0 Å². The zero-order valence-electron chi connectivity index (χ0n) is 16.2. The Balaban J connectivity index is 1.55. The lowest BCUT2D eigenvalue weighted by molar-refractivity contribution is 0.0702. The van der Waals surface area contributed by atoms with Gasteiger partial charge in [-0.25, -0.2) is 18.7 Å². The lowest BCUT2D eigenvalue weighted by Gasteiger charge is -2.32. The van der Waals surface area contributed by atoms with Crippen LogP contribution in [0.25, 0.3) is 11.3 Å². The fraction of sp³-hybridized carbons (Fsp3) is 0.333. The van der Waals surface area contributed by atoms with E-state index < -0.39 is 23.1 Å². The first-order valence-corrected chi connectivity index (χ1v) is 9.44. The molecule has 2 aromatic heterocycles. The fourth-order valence-electron chi connectivity index (χ4n) is 3.70. The Hall–Kier alpha value is -3.16. The quantitative estimate of drug-likeness (QED) is 0.666. The summed E-state index contributed by atoms with van der Waals surface area (Å²) >= 11 is 0. The van der Waals surface area contributed by atoms with Gasteiger partial charge in [-0.15, -0.1) is 0 Å². The van der Waals surface area contributed by atoms with Crippen LogP contribution in [-0.2, 0) is 0 Å². The molecule has 0 bridgehead atoms. The van der Waals surface area contributed by atoms with Crippen LogP contribution in [0.1, 0.15) is 46.3 Å². The minimum atomic E-state index is -0.841. The second-order valence-corrected chi connectivity index (χ2v) is 7.21. The number of amides is 1. The van der Waals surface area contributed by atoms with E-state index in [0.29, 0.717) is 37.5 Å². The molecule has 1 fully saturated rings. The summed E-state index contributed by atoms with van der Waals surface area (Å²) in [6.07, 6.45) is 2.97. The van der Waals surface area contributed by atoms with Crippen LogP contribution in [0.2, 0.25) is 0 Å². The van der Waals surface area contributed by atoms with E-state index in [-0.39, 0.29) is 5.92 Å². The summed E-state index contributed by atoms with van der Waals surface area (Å²) in [4.78, 5) is 23.0. The van der Waals surface area contributed by atoms with Crippen molar-refractivity contribution in [1.29, 1.82) is 0 Å². The van der Waals surface area contributed by atoms with Crippen molar-refractivity contribution in [2.75, 3.05) is 13.1 Å². The van der Waals surface area contributed by atoms with Crippen LogP contribution in [0.4, 0.5) is 8.78 Å². The molecule has 1 aromatic carbocycles. The molecule has 0 aliphatic carbocycles. The van der Waals surface area contributed by atoms with Crippen LogP contribution in [0, 0.1) is 25.5 Å². The number of aromatic nitrogens is 3. The van der Waals surface area contributed by atoms with E-state index >= 15 is 0 Å². The Morgan fingerprint density at radius 1 is 1.17 bits per heavy atom. The maximum Gasteiger partial charge on any atom is 0.259 e. The first-order valence-electron chi connectivity index (χ1n) is 9.44. The lowest BCUT2D eigenvalue weighted by Crippen LogP contribution is -2.39. The molecule has 6 nitrogen and oxygen atoms in total. The summed E-state index contributed by atoms with van der Waals surface area (Å²) in [6, 6.07) is 5.27. The van der Waals surface area contributed by atoms with E-state index in [4.69, 9.17) is 4.52 Å². The Morgan fingerprint density at radius 3 is 2.48 bits per heavy atom. The minimum absolute atomic E-state index is 0.0756. The molecule has 3 aromatic rings. The van der Waals surface area contributed by atoms with Gasteiger partial charge in [0.25, 0.3) is 5.91 Å². The molecule has 0 N–H and O–H groups in total. The number of nitrogens with zero attached hydrogens (tertiary/aromatic N) is 4. The van der Waals surface area contributed by atoms with Gasteiger partial charge < -0.3 is 9.42 Å². The molecule has 4 rings (SSSR count). The highest BCUT2D eigenvalue weighted by atomic mass is 19.1. The smallest absolute Gasteiger partial charge is 0.259 e. The van der Waals surface area contributed by atoms with Gasteiger partial charge in [-0.1, -0.05) is 11.2 Å². The Bertz CT molecular complexity index is 1040. The monoisotopic (exact) mass is 398 g/mol. The third-order valence-corrected chi connectivity index (χ3v) is 5.18. The van der Waals surface area contributed by atoms with Gasteiger partial charge in [-0.2, -0.15) is 0 Å². The van der Waals surface area contributed by atoms with Crippen molar-refractivity contribution >= 4 is 5.91 Å². The van der Waals surface area contributed by atoms with Crippen molar-refractivity contribution < 1.29 is 18.1 Å². The highest BCUT2D eigenvalue weighted by Crippen LogP contribution is 2.34. The standard InChI is InChI=1S/C21H20F2N4O2/c1-12-10-18(29-26-12)15-11-24-13(2)25-20(15)14-6-8-27(9-7-14)21(28)19-16(22)4-3-5-17(19)23/h3-5,10-11,14H,6-9H2,1-2H3. The molecule has 150 valence electrons. The molecule has 1 saturated heterocycles. The van der Waals surface area contributed by atoms with Crippen LogP contribution in [-0.4, -0.2) is 39.0 Å². The Labute approximate surface area is 166 Å². The normalized spacial score (nSPS) is 15.0. The van der Waals surface area contributed by atoms with Crippen LogP contribution in [0.15, 0.2) is 35.0 Å². The third kappa shape index (κ3) is 3.74. The average Bonchev–Trinajstić information content (AvgIpc) is 3.14. The largest absolute Gasteiger partial charge is 0.356 e. The highest BCUT2D eigenvalue weighted by Gasteiger charge is 2.30. The van der Waals surface area contributed by atoms with Crippen LogP contribution in [0.5, 0.6) is 0 Å². The molecule has 0 saturated carbocycles. The van der Waals surface area contributed by atoms with Gasteiger partial charge in [0.2, 0.25) is 0 Å². The molecule has 3 heterocycles. The Morgan fingerprint density at radius 2 is 1.86 bits per heavy atom. The summed E-state index contributed by atoms with van der Waals surface area (Å²) in [5.41, 5.74) is 1.89. The summed E-state index contributed by atoms with van der Waals surface area (Å²) in [5, 5.41) is 3.93. The van der Waals surface area contributed by atoms with E-state index in [2.05, 4.69) is 15.1 Å². The Kier molecular flexibility index (Phi) is 5.08. The molecule has 29 heavy (non-hydrogen) atoms. The van der Waals surface area contributed by atoms with Crippen molar-refractivity contribution in [2.45, 2.75) is 32.6 Å². The fourth-order valence-corrected chi connectivity index (χ4v) is 3.70. The van der Waals surface area contributed by atoms with E-state index in [1.165, 1.54) is 11.0 Å². The number of piperidine rings is 1. The van der Waals surface area contributed by atoms with Crippen molar-refractivity contribution in [3.8, 4) is 11.3 Å². The predicted molar refractivity (Wildman–Crippen MR) is 101 cm³/mol. The average molecular weight is 398 g/mol. The van der Waals surface area contributed by atoms with Gasteiger partial charge in [0.1, 0.15) is 23.0 Å². The number of carbonyl (C=O) groups excluding carboxylic acids is 1. The number of benzene rings is 1. The van der Waals surface area contributed by atoms with Crippen molar-refractivity contribution in [3.05, 3.63) is 64.9 Å². The number of hydrogen-bond donors (Lipinski definition) is 0. The van der Waals surface area contributed by atoms with Gasteiger partial charge in [0, 0.05) is 31.3 Å². The van der Waals surface area contributed by atoms with Gasteiger partial charge in [-0.3, -0.25) is 4.79 Å². The molecule has 1 aliphatic heterocycles. The summed E-state index contributed by atoms with van der Waals surface area (Å²) in [5.74, 6) is -0.981. The number of carbonyl (C=O) groups is 1. The predicted octanol–water partition coefficient (Wildman–Crippen LogP) is 4.05. The third-order valence-electron chi connectivity index (χ3n) is 5.18.